The molecule has 0 unspecified atom stereocenters. The Bertz CT molecular complexity index is 367. The molecule has 1 radical (unpaired) electrons. The quantitative estimate of drug-likeness (QED) is 0.623. The van der Waals surface area contributed by atoms with Gasteiger partial charge < -0.3 is 0 Å². The van der Waals surface area contributed by atoms with Crippen LogP contribution in [-0.4, -0.2) is 0 Å². The molecule has 0 fully saturated rings. The van der Waals surface area contributed by atoms with Gasteiger partial charge in [-0.3, -0.25) is 0 Å². The van der Waals surface area contributed by atoms with Crippen molar-refractivity contribution >= 4 is 11.4 Å². The molecular formula is C9H11N3+. The summed E-state index contributed by atoms with van der Waals surface area (Å²) in [4.78, 5) is 0. The second kappa shape index (κ2) is 2.30. The van der Waals surface area contributed by atoms with Gasteiger partial charge in [0.05, 0.1) is 0 Å². The monoisotopic (exact) mass is 161 g/mol. The number of hydrogen-bond acceptors (Lipinski definition) is 3. The van der Waals surface area contributed by atoms with Gasteiger partial charge in [-0.25, -0.2) is 0 Å². The summed E-state index contributed by atoms with van der Waals surface area (Å²) in [5.74, 6) is 0. The molecule has 0 atom stereocenters. The molecule has 3 heteroatoms. The number of nitrogens with zero attached hydrogens (tertiary/aromatic N) is 2. The van der Waals surface area contributed by atoms with E-state index in [1.54, 1.807) is 0 Å². The minimum Gasteiger partial charge on any atom is -0.0687 e. The van der Waals surface area contributed by atoms with Crippen molar-refractivity contribution in [3.8, 4) is 0 Å². The number of hydrogen-bond donors (Lipinski definition) is 1. The first-order valence-electron chi connectivity index (χ1n) is 3.97. The van der Waals surface area contributed by atoms with Gasteiger partial charge in [0.1, 0.15) is 10.8 Å². The lowest BCUT2D eigenvalue weighted by Gasteiger charge is -2.04. The highest BCUT2D eigenvalue weighted by Crippen LogP contribution is 2.34. The normalized spacial score (nSPS) is 12.9. The van der Waals surface area contributed by atoms with Gasteiger partial charge in [0.25, 0.3) is 0 Å². The fourth-order valence-electron chi connectivity index (χ4n) is 1.41. The molecule has 0 saturated carbocycles. The van der Waals surface area contributed by atoms with E-state index < -0.39 is 0 Å². The van der Waals surface area contributed by atoms with E-state index in [1.807, 2.05) is 0 Å². The third-order valence-corrected chi connectivity index (χ3v) is 2.45. The molecular weight excluding hydrogens is 150 g/mol. The van der Waals surface area contributed by atoms with Crippen LogP contribution in [-0.2, 0) is 0 Å². The maximum Gasteiger partial charge on any atom is 0.331 e. The van der Waals surface area contributed by atoms with Gasteiger partial charge in [-0.15, -0.1) is 0 Å². The predicted octanol–water partition coefficient (Wildman–Crippen LogP) is 2.37. The summed E-state index contributed by atoms with van der Waals surface area (Å²) >= 11 is 0. The van der Waals surface area contributed by atoms with Gasteiger partial charge in [-0.1, -0.05) is 5.43 Å². The lowest BCUT2D eigenvalue weighted by Crippen LogP contribution is -1.93. The lowest BCUT2D eigenvalue weighted by atomic mass is 10.0. The van der Waals surface area contributed by atoms with Crippen molar-refractivity contribution in [2.24, 2.45) is 5.11 Å². The van der Waals surface area contributed by atoms with Crippen LogP contribution in [0.15, 0.2) is 11.2 Å². The fourth-order valence-corrected chi connectivity index (χ4v) is 1.41. The molecule has 1 aromatic carbocycles. The Hall–Kier alpha value is -1.38. The van der Waals surface area contributed by atoms with E-state index in [-0.39, 0.29) is 0 Å². The first-order valence-corrected chi connectivity index (χ1v) is 3.97. The molecule has 0 amide bonds. The maximum atomic E-state index is 4.01. The SMILES string of the molecule is Cc1cc2c(c(C)c1C)N=[N+]N2. The van der Waals surface area contributed by atoms with E-state index in [2.05, 4.69) is 42.6 Å². The average Bonchev–Trinajstić information content (AvgIpc) is 2.48. The molecule has 1 aromatic rings. The van der Waals surface area contributed by atoms with Crippen LogP contribution in [0.5, 0.6) is 0 Å². The van der Waals surface area contributed by atoms with Gasteiger partial charge in [-0.05, 0) is 43.5 Å². The van der Waals surface area contributed by atoms with Crippen LogP contribution in [0.3, 0.4) is 0 Å². The standard InChI is InChI=1S/C9H11N3/c1-5-4-8-9(11-12-10-8)7(3)6(5)2/h4H,1-3H3,(H,10,11)/q+1. The molecule has 0 bridgehead atoms. The van der Waals surface area contributed by atoms with Gasteiger partial charge in [-0.2, -0.15) is 0 Å². The first-order chi connectivity index (χ1) is 5.70. The molecule has 12 heavy (non-hydrogen) atoms. The topological polar surface area (TPSA) is 38.5 Å². The van der Waals surface area contributed by atoms with Crippen LogP contribution in [0.4, 0.5) is 11.4 Å². The summed E-state index contributed by atoms with van der Waals surface area (Å²) in [6.45, 7) is 6.29. The number of rotatable bonds is 0. The fraction of sp³-hybridized carbons (Fsp3) is 0.333. The molecule has 1 aliphatic rings. The van der Waals surface area contributed by atoms with Crippen LogP contribution in [0.25, 0.3) is 0 Å². The Morgan fingerprint density at radius 3 is 2.75 bits per heavy atom. The molecule has 2 rings (SSSR count). The highest BCUT2D eigenvalue weighted by molar-refractivity contribution is 5.73. The van der Waals surface area contributed by atoms with Crippen LogP contribution in [0.1, 0.15) is 16.7 Å². The minimum atomic E-state index is 0.984. The smallest absolute Gasteiger partial charge is 0.0687 e. The Kier molecular flexibility index (Phi) is 1.40. The van der Waals surface area contributed by atoms with E-state index in [4.69, 9.17) is 0 Å². The zero-order chi connectivity index (χ0) is 8.72. The zero-order valence-corrected chi connectivity index (χ0v) is 7.47. The molecule has 1 aliphatic heterocycles. The Balaban J connectivity index is 2.73. The van der Waals surface area contributed by atoms with Gasteiger partial charge in [0, 0.05) is 0 Å². The summed E-state index contributed by atoms with van der Waals surface area (Å²) in [5, 5.41) is 7.78. The van der Waals surface area contributed by atoms with Crippen molar-refractivity contribution in [3.63, 3.8) is 0 Å². The molecule has 1 N–H and O–H groups in total. The summed E-state index contributed by atoms with van der Waals surface area (Å²) in [6, 6.07) is 2.08. The Labute approximate surface area is 71.5 Å². The van der Waals surface area contributed by atoms with Crippen molar-refractivity contribution in [3.05, 3.63) is 22.8 Å². The number of fused-ring (bicyclic) bond motifs is 1. The molecule has 0 spiro atoms. The van der Waals surface area contributed by atoms with Gasteiger partial charge in [0.2, 0.25) is 0 Å². The molecule has 0 aliphatic carbocycles. The van der Waals surface area contributed by atoms with Crippen molar-refractivity contribution in [1.29, 1.82) is 0 Å². The van der Waals surface area contributed by atoms with Gasteiger partial charge >= 0.3 is 5.22 Å². The van der Waals surface area contributed by atoms with Crippen LogP contribution < -0.4 is 10.6 Å². The van der Waals surface area contributed by atoms with Gasteiger partial charge in [0.15, 0.2) is 5.69 Å². The highest BCUT2D eigenvalue weighted by Gasteiger charge is 2.21. The number of nitrogens with one attached hydrogen (secondary N) is 1. The van der Waals surface area contributed by atoms with Crippen molar-refractivity contribution in [2.75, 3.05) is 5.43 Å². The molecule has 1 heterocycles. The summed E-state index contributed by atoms with van der Waals surface area (Å²) < 4.78 is 0. The van der Waals surface area contributed by atoms with Crippen molar-refractivity contribution in [2.45, 2.75) is 20.8 Å². The lowest BCUT2D eigenvalue weighted by molar-refractivity contribution is 1.06. The molecule has 61 valence electrons. The summed E-state index contributed by atoms with van der Waals surface area (Å²) in [7, 11) is 0. The van der Waals surface area contributed by atoms with Crippen LogP contribution in [0, 0.1) is 20.8 Å². The molecule has 0 aromatic heterocycles. The van der Waals surface area contributed by atoms with Crippen LogP contribution in [0.2, 0.25) is 0 Å². The minimum absolute atomic E-state index is 0.984. The predicted molar refractivity (Wildman–Crippen MR) is 48.5 cm³/mol. The van der Waals surface area contributed by atoms with Crippen molar-refractivity contribution in [1.82, 2.24) is 5.22 Å². The van der Waals surface area contributed by atoms with E-state index in [0.29, 0.717) is 0 Å². The Morgan fingerprint density at radius 2 is 2.00 bits per heavy atom. The summed E-state index contributed by atoms with van der Waals surface area (Å²) in [5.41, 5.74) is 8.68. The largest absolute Gasteiger partial charge is 0.331 e. The van der Waals surface area contributed by atoms with E-state index in [1.165, 1.54) is 16.7 Å². The zero-order valence-electron chi connectivity index (χ0n) is 7.47. The highest BCUT2D eigenvalue weighted by atomic mass is 15.5. The second-order valence-electron chi connectivity index (χ2n) is 3.15. The van der Waals surface area contributed by atoms with E-state index >= 15 is 0 Å². The number of aryl methyl sites for hydroxylation is 1. The molecule has 3 nitrogen and oxygen atoms in total. The molecule has 0 saturated heterocycles. The third kappa shape index (κ3) is 0.826. The Morgan fingerprint density at radius 1 is 1.25 bits per heavy atom. The van der Waals surface area contributed by atoms with Crippen molar-refractivity contribution < 1.29 is 0 Å². The number of benzene rings is 1. The van der Waals surface area contributed by atoms with E-state index in [0.717, 1.165) is 11.4 Å². The average molecular weight is 161 g/mol. The maximum absolute atomic E-state index is 4.01. The third-order valence-electron chi connectivity index (χ3n) is 2.45. The first kappa shape index (κ1) is 7.28. The van der Waals surface area contributed by atoms with E-state index in [9.17, 15) is 0 Å². The summed E-state index contributed by atoms with van der Waals surface area (Å²) in [6.07, 6.45) is 0. The second-order valence-corrected chi connectivity index (χ2v) is 3.15. The van der Waals surface area contributed by atoms with Crippen LogP contribution >= 0.6 is 0 Å². The number of anilines is 1.